The minimum absolute atomic E-state index is 0.0410. The number of ether oxygens (including phenoxy) is 1. The number of sulfonamides is 1. The second-order valence-corrected chi connectivity index (χ2v) is 9.12. The number of hydrogen-bond donors (Lipinski definition) is 2. The molecule has 0 aliphatic carbocycles. The highest BCUT2D eigenvalue weighted by atomic mass is 32.2. The third kappa shape index (κ3) is 4.98. The van der Waals surface area contributed by atoms with Crippen LogP contribution < -0.4 is 5.32 Å². The molecule has 0 atom stereocenters. The van der Waals surface area contributed by atoms with E-state index in [1.54, 1.807) is 6.92 Å². The van der Waals surface area contributed by atoms with Gasteiger partial charge in [0.1, 0.15) is 6.61 Å². The molecule has 2 N–H and O–H groups in total. The van der Waals surface area contributed by atoms with Crippen LogP contribution in [0.3, 0.4) is 0 Å². The molecule has 0 fully saturated rings. The van der Waals surface area contributed by atoms with Gasteiger partial charge in [-0.2, -0.15) is 0 Å². The number of aliphatic hydroxyl groups excluding tert-OH is 1. The Balaban J connectivity index is 1.89. The maximum absolute atomic E-state index is 12.8. The van der Waals surface area contributed by atoms with E-state index in [1.165, 1.54) is 32.3 Å². The fraction of sp³-hybridized carbons (Fsp3) is 0.286. The maximum atomic E-state index is 12.8. The minimum atomic E-state index is -3.74. The summed E-state index contributed by atoms with van der Waals surface area (Å²) in [5, 5.41) is 12.0. The number of aliphatic hydroxyl groups is 1. The number of para-hydroxylation sites is 2. The Kier molecular flexibility index (Phi) is 6.84. The summed E-state index contributed by atoms with van der Waals surface area (Å²) < 4.78 is 31.5. The topological polar surface area (TPSA) is 122 Å². The second kappa shape index (κ2) is 9.38. The van der Waals surface area contributed by atoms with Crippen molar-refractivity contribution in [3.8, 4) is 0 Å². The average molecular weight is 445 g/mol. The van der Waals surface area contributed by atoms with Gasteiger partial charge in [0.2, 0.25) is 10.0 Å². The molecule has 1 heterocycles. The minimum Gasteiger partial charge on any atom is -0.455 e. The molecule has 164 valence electrons. The van der Waals surface area contributed by atoms with Gasteiger partial charge in [0, 0.05) is 26.3 Å². The summed E-state index contributed by atoms with van der Waals surface area (Å²) in [4.78, 5) is 21.8. The number of carbonyl (C=O) groups excluding carboxylic acids is 1. The molecule has 0 aliphatic heterocycles. The zero-order chi connectivity index (χ0) is 22.6. The molecule has 0 saturated heterocycles. The first kappa shape index (κ1) is 22.6. The first-order valence-corrected chi connectivity index (χ1v) is 11.0. The Hall–Kier alpha value is -3.08. The number of esters is 1. The molecule has 31 heavy (non-hydrogen) atoms. The Morgan fingerprint density at radius 2 is 1.81 bits per heavy atom. The van der Waals surface area contributed by atoms with Gasteiger partial charge in [-0.1, -0.05) is 12.1 Å². The second-order valence-electron chi connectivity index (χ2n) is 6.97. The predicted octanol–water partition coefficient (Wildman–Crippen LogP) is 1.95. The third-order valence-electron chi connectivity index (χ3n) is 4.60. The molecule has 3 aromatic rings. The van der Waals surface area contributed by atoms with E-state index in [0.717, 1.165) is 9.82 Å². The summed E-state index contributed by atoms with van der Waals surface area (Å²) in [5.41, 5.74) is 2.97. The lowest BCUT2D eigenvalue weighted by Crippen LogP contribution is -2.23. The van der Waals surface area contributed by atoms with E-state index >= 15 is 0 Å². The van der Waals surface area contributed by atoms with Crippen molar-refractivity contribution in [3.05, 3.63) is 59.4 Å². The Morgan fingerprint density at radius 3 is 2.45 bits per heavy atom. The van der Waals surface area contributed by atoms with Crippen molar-refractivity contribution in [3.63, 3.8) is 0 Å². The van der Waals surface area contributed by atoms with Gasteiger partial charge in [-0.25, -0.2) is 27.5 Å². The fourth-order valence-corrected chi connectivity index (χ4v) is 3.81. The number of carbonyl (C=O) groups is 1. The molecule has 0 radical (unpaired) electrons. The third-order valence-corrected chi connectivity index (χ3v) is 6.41. The van der Waals surface area contributed by atoms with E-state index in [2.05, 4.69) is 15.3 Å². The van der Waals surface area contributed by atoms with Crippen molar-refractivity contribution >= 4 is 32.7 Å². The van der Waals surface area contributed by atoms with Gasteiger partial charge in [-0.3, -0.25) is 0 Å². The lowest BCUT2D eigenvalue weighted by molar-refractivity contribution is 0.0468. The number of anilines is 1. The molecule has 1 aromatic heterocycles. The lowest BCUT2D eigenvalue weighted by Gasteiger charge is -2.15. The average Bonchev–Trinajstić information content (AvgIpc) is 2.75. The molecule has 0 spiro atoms. The van der Waals surface area contributed by atoms with Crippen LogP contribution >= 0.6 is 0 Å². The number of fused-ring (bicyclic) bond motifs is 1. The van der Waals surface area contributed by atoms with Crippen molar-refractivity contribution in [1.29, 1.82) is 0 Å². The number of rotatable bonds is 8. The van der Waals surface area contributed by atoms with Crippen molar-refractivity contribution in [2.24, 2.45) is 0 Å². The van der Waals surface area contributed by atoms with Gasteiger partial charge < -0.3 is 15.2 Å². The number of aryl methyl sites for hydroxylation is 1. The summed E-state index contributed by atoms with van der Waals surface area (Å²) in [5.74, 6) is -0.717. The van der Waals surface area contributed by atoms with Gasteiger partial charge >= 0.3 is 5.97 Å². The van der Waals surface area contributed by atoms with Crippen LogP contribution in [0.25, 0.3) is 11.0 Å². The largest absolute Gasteiger partial charge is 0.455 e. The highest BCUT2D eigenvalue weighted by Crippen LogP contribution is 2.24. The van der Waals surface area contributed by atoms with Gasteiger partial charge in [0.25, 0.3) is 0 Å². The summed E-state index contributed by atoms with van der Waals surface area (Å²) in [6, 6.07) is 11.5. The molecule has 0 unspecified atom stereocenters. The molecule has 0 saturated carbocycles. The van der Waals surface area contributed by atoms with E-state index in [0.29, 0.717) is 22.6 Å². The summed E-state index contributed by atoms with van der Waals surface area (Å²) in [6.45, 7) is 1.70. The van der Waals surface area contributed by atoms with Crippen LogP contribution in [0.5, 0.6) is 0 Å². The number of nitrogens with one attached hydrogen (secondary N) is 1. The highest BCUT2D eigenvalue weighted by Gasteiger charge is 2.22. The Labute approximate surface area is 180 Å². The smallest absolute Gasteiger partial charge is 0.340 e. The van der Waals surface area contributed by atoms with Gasteiger partial charge in [0.15, 0.2) is 0 Å². The van der Waals surface area contributed by atoms with Crippen LogP contribution in [0.1, 0.15) is 21.7 Å². The molecular weight excluding hydrogens is 420 g/mol. The van der Waals surface area contributed by atoms with Crippen LogP contribution in [0.4, 0.5) is 5.69 Å². The van der Waals surface area contributed by atoms with Crippen LogP contribution in [-0.2, 0) is 21.4 Å². The standard InChI is InChI=1S/C21H24N4O5S/c1-14-20(24-19-7-5-4-6-18(19)23-14)13-30-21(27)16-12-15(31(28,29)25(2)3)8-9-17(16)22-10-11-26/h4-9,12,22,26H,10-11,13H2,1-3H3. The van der Waals surface area contributed by atoms with E-state index < -0.39 is 16.0 Å². The Bertz CT molecular complexity index is 1210. The van der Waals surface area contributed by atoms with E-state index in [-0.39, 0.29) is 30.2 Å². The zero-order valence-electron chi connectivity index (χ0n) is 17.5. The van der Waals surface area contributed by atoms with Crippen LogP contribution in [0.15, 0.2) is 47.4 Å². The van der Waals surface area contributed by atoms with E-state index in [4.69, 9.17) is 9.84 Å². The molecule has 0 amide bonds. The normalized spacial score (nSPS) is 11.6. The molecule has 9 nitrogen and oxygen atoms in total. The SMILES string of the molecule is Cc1nc2ccccc2nc1COC(=O)c1cc(S(=O)(=O)N(C)C)ccc1NCCO. The predicted molar refractivity (Wildman–Crippen MR) is 116 cm³/mol. The molecule has 3 rings (SSSR count). The zero-order valence-corrected chi connectivity index (χ0v) is 18.3. The van der Waals surface area contributed by atoms with Crippen LogP contribution in [0.2, 0.25) is 0 Å². The summed E-state index contributed by atoms with van der Waals surface area (Å²) >= 11 is 0. The molecule has 2 aromatic carbocycles. The Morgan fingerprint density at radius 1 is 1.13 bits per heavy atom. The maximum Gasteiger partial charge on any atom is 0.340 e. The number of benzene rings is 2. The van der Waals surface area contributed by atoms with Gasteiger partial charge in [0.05, 0.1) is 39.5 Å². The van der Waals surface area contributed by atoms with Crippen LogP contribution in [0, 0.1) is 6.92 Å². The van der Waals surface area contributed by atoms with Gasteiger partial charge in [-0.15, -0.1) is 0 Å². The van der Waals surface area contributed by atoms with Crippen molar-refractivity contribution in [2.45, 2.75) is 18.4 Å². The van der Waals surface area contributed by atoms with E-state index in [9.17, 15) is 13.2 Å². The monoisotopic (exact) mass is 444 g/mol. The fourth-order valence-electron chi connectivity index (χ4n) is 2.88. The lowest BCUT2D eigenvalue weighted by atomic mass is 10.1. The summed E-state index contributed by atoms with van der Waals surface area (Å²) in [6.07, 6.45) is 0. The molecule has 10 heteroatoms. The van der Waals surface area contributed by atoms with Gasteiger partial charge in [-0.05, 0) is 37.3 Å². The summed E-state index contributed by atoms with van der Waals surface area (Å²) in [7, 11) is -0.924. The van der Waals surface area contributed by atoms with Crippen LogP contribution in [-0.4, -0.2) is 61.0 Å². The first-order chi connectivity index (χ1) is 14.7. The quantitative estimate of drug-likeness (QED) is 0.506. The number of nitrogens with zero attached hydrogens (tertiary/aromatic N) is 3. The van der Waals surface area contributed by atoms with Crippen molar-refractivity contribution < 1.29 is 23.1 Å². The van der Waals surface area contributed by atoms with Crippen molar-refractivity contribution in [2.75, 3.05) is 32.6 Å². The molecular formula is C21H24N4O5S. The number of hydrogen-bond acceptors (Lipinski definition) is 8. The van der Waals surface area contributed by atoms with Crippen molar-refractivity contribution in [1.82, 2.24) is 14.3 Å². The molecule has 0 aliphatic rings. The highest BCUT2D eigenvalue weighted by molar-refractivity contribution is 7.89. The molecule has 0 bridgehead atoms. The number of aromatic nitrogens is 2. The first-order valence-electron chi connectivity index (χ1n) is 9.54. The van der Waals surface area contributed by atoms with E-state index in [1.807, 2.05) is 24.3 Å².